The lowest BCUT2D eigenvalue weighted by Gasteiger charge is -2.11. The third-order valence-electron chi connectivity index (χ3n) is 2.56. The van der Waals surface area contributed by atoms with E-state index in [2.05, 4.69) is 0 Å². The highest BCUT2D eigenvalue weighted by Gasteiger charge is 2.13. The normalized spacial score (nSPS) is 12.4. The molecule has 2 aromatic rings. The first-order valence-electron chi connectivity index (χ1n) is 5.30. The second-order valence-electron chi connectivity index (χ2n) is 3.82. The maximum atomic E-state index is 13.6. The molecule has 2 aromatic carbocycles. The van der Waals surface area contributed by atoms with Crippen LogP contribution in [-0.4, -0.2) is 0 Å². The Morgan fingerprint density at radius 1 is 1.06 bits per heavy atom. The molecular weight excluding hydrogens is 258 g/mol. The Bertz CT molecular complexity index is 497. The second-order valence-corrected chi connectivity index (χ2v) is 4.79. The van der Waals surface area contributed by atoms with Gasteiger partial charge in [-0.2, -0.15) is 0 Å². The molecule has 0 aliphatic heterocycles. The van der Waals surface area contributed by atoms with Gasteiger partial charge in [-0.15, -0.1) is 11.6 Å². The van der Waals surface area contributed by atoms with Crippen LogP contribution in [0.3, 0.4) is 0 Å². The molecular formula is C14H11Cl2F. The number of benzene rings is 2. The molecule has 0 spiro atoms. The Kier molecular flexibility index (Phi) is 4.03. The number of hydrogen-bond acceptors (Lipinski definition) is 0. The van der Waals surface area contributed by atoms with Crippen molar-refractivity contribution in [2.75, 3.05) is 0 Å². The number of alkyl halides is 1. The van der Waals surface area contributed by atoms with E-state index < -0.39 is 0 Å². The second kappa shape index (κ2) is 5.52. The van der Waals surface area contributed by atoms with Crippen molar-refractivity contribution in [1.82, 2.24) is 0 Å². The lowest BCUT2D eigenvalue weighted by atomic mass is 10.0. The average molecular weight is 269 g/mol. The zero-order chi connectivity index (χ0) is 12.3. The molecule has 1 atom stereocenters. The Morgan fingerprint density at radius 2 is 1.76 bits per heavy atom. The van der Waals surface area contributed by atoms with E-state index in [-0.39, 0.29) is 11.2 Å². The van der Waals surface area contributed by atoms with Crippen molar-refractivity contribution in [2.45, 2.75) is 11.8 Å². The van der Waals surface area contributed by atoms with E-state index in [0.29, 0.717) is 17.0 Å². The summed E-state index contributed by atoms with van der Waals surface area (Å²) < 4.78 is 13.6. The highest BCUT2D eigenvalue weighted by atomic mass is 35.5. The molecule has 0 N–H and O–H groups in total. The van der Waals surface area contributed by atoms with E-state index in [0.717, 1.165) is 5.56 Å². The standard InChI is InChI=1S/C14H11Cl2F/c15-11-6-7-12(14(17)9-11)13(16)8-10-4-2-1-3-5-10/h1-7,9,13H,8H2. The zero-order valence-corrected chi connectivity index (χ0v) is 10.5. The summed E-state index contributed by atoms with van der Waals surface area (Å²) in [5.41, 5.74) is 1.57. The molecule has 2 rings (SSSR count). The van der Waals surface area contributed by atoms with Crippen LogP contribution in [0.4, 0.5) is 4.39 Å². The van der Waals surface area contributed by atoms with Crippen LogP contribution in [0.15, 0.2) is 48.5 Å². The van der Waals surface area contributed by atoms with Gasteiger partial charge in [0.05, 0.1) is 5.38 Å². The fourth-order valence-electron chi connectivity index (χ4n) is 1.69. The maximum Gasteiger partial charge on any atom is 0.129 e. The van der Waals surface area contributed by atoms with E-state index in [4.69, 9.17) is 23.2 Å². The Morgan fingerprint density at radius 3 is 2.41 bits per heavy atom. The SMILES string of the molecule is Fc1cc(Cl)ccc1C(Cl)Cc1ccccc1. The summed E-state index contributed by atoms with van der Waals surface area (Å²) in [6.07, 6.45) is 0.598. The summed E-state index contributed by atoms with van der Waals surface area (Å²) >= 11 is 11.9. The third-order valence-corrected chi connectivity index (χ3v) is 3.18. The van der Waals surface area contributed by atoms with Gasteiger partial charge in [-0.1, -0.05) is 48.0 Å². The maximum absolute atomic E-state index is 13.6. The lowest BCUT2D eigenvalue weighted by Crippen LogP contribution is -1.98. The van der Waals surface area contributed by atoms with E-state index >= 15 is 0 Å². The molecule has 0 amide bonds. The Hall–Kier alpha value is -1.05. The topological polar surface area (TPSA) is 0 Å². The molecule has 17 heavy (non-hydrogen) atoms. The van der Waals surface area contributed by atoms with Crippen molar-refractivity contribution in [3.8, 4) is 0 Å². The first-order valence-corrected chi connectivity index (χ1v) is 6.11. The van der Waals surface area contributed by atoms with Crippen LogP contribution in [-0.2, 0) is 6.42 Å². The largest absolute Gasteiger partial charge is 0.207 e. The molecule has 88 valence electrons. The Balaban J connectivity index is 2.17. The first-order chi connectivity index (χ1) is 8.16. The van der Waals surface area contributed by atoms with Crippen molar-refractivity contribution in [2.24, 2.45) is 0 Å². The molecule has 0 aromatic heterocycles. The van der Waals surface area contributed by atoms with Crippen molar-refractivity contribution in [3.05, 3.63) is 70.5 Å². The van der Waals surface area contributed by atoms with Gasteiger partial charge in [0.1, 0.15) is 5.82 Å². The fourth-order valence-corrected chi connectivity index (χ4v) is 2.20. The van der Waals surface area contributed by atoms with Gasteiger partial charge in [0.25, 0.3) is 0 Å². The first kappa shape index (κ1) is 12.4. The van der Waals surface area contributed by atoms with Gasteiger partial charge in [0, 0.05) is 10.6 Å². The zero-order valence-electron chi connectivity index (χ0n) is 9.04. The predicted molar refractivity (Wildman–Crippen MR) is 70.2 cm³/mol. The molecule has 0 fully saturated rings. The molecule has 0 nitrogen and oxygen atoms in total. The highest BCUT2D eigenvalue weighted by Crippen LogP contribution is 2.28. The van der Waals surface area contributed by atoms with Crippen molar-refractivity contribution >= 4 is 23.2 Å². The molecule has 1 unspecified atom stereocenters. The summed E-state index contributed by atoms with van der Waals surface area (Å²) in [4.78, 5) is 0. The van der Waals surface area contributed by atoms with E-state index in [1.807, 2.05) is 30.3 Å². The highest BCUT2D eigenvalue weighted by molar-refractivity contribution is 6.30. The van der Waals surface area contributed by atoms with Gasteiger partial charge in [-0.05, 0) is 24.1 Å². The van der Waals surface area contributed by atoms with Gasteiger partial charge in [0.2, 0.25) is 0 Å². The van der Waals surface area contributed by atoms with Crippen LogP contribution in [0.5, 0.6) is 0 Å². The number of hydrogen-bond donors (Lipinski definition) is 0. The summed E-state index contributed by atoms with van der Waals surface area (Å²) in [6.45, 7) is 0. The Labute approximate surface area is 110 Å². The molecule has 0 aliphatic rings. The monoisotopic (exact) mass is 268 g/mol. The van der Waals surface area contributed by atoms with Gasteiger partial charge in [0.15, 0.2) is 0 Å². The molecule has 0 aliphatic carbocycles. The average Bonchev–Trinajstić information content (AvgIpc) is 2.30. The van der Waals surface area contributed by atoms with Gasteiger partial charge in [-0.3, -0.25) is 0 Å². The van der Waals surface area contributed by atoms with E-state index in [1.165, 1.54) is 6.07 Å². The van der Waals surface area contributed by atoms with Crippen LogP contribution >= 0.6 is 23.2 Å². The quantitative estimate of drug-likeness (QED) is 0.688. The lowest BCUT2D eigenvalue weighted by molar-refractivity contribution is 0.606. The third kappa shape index (κ3) is 3.21. The van der Waals surface area contributed by atoms with Crippen LogP contribution in [0.1, 0.15) is 16.5 Å². The van der Waals surface area contributed by atoms with Crippen molar-refractivity contribution in [3.63, 3.8) is 0 Å². The number of rotatable bonds is 3. The summed E-state index contributed by atoms with van der Waals surface area (Å²) in [7, 11) is 0. The van der Waals surface area contributed by atoms with E-state index in [1.54, 1.807) is 12.1 Å². The minimum Gasteiger partial charge on any atom is -0.207 e. The van der Waals surface area contributed by atoms with Gasteiger partial charge >= 0.3 is 0 Å². The summed E-state index contributed by atoms with van der Waals surface area (Å²) in [5.74, 6) is -0.353. The minimum absolute atomic E-state index is 0.353. The van der Waals surface area contributed by atoms with Crippen LogP contribution in [0.25, 0.3) is 0 Å². The van der Waals surface area contributed by atoms with Gasteiger partial charge < -0.3 is 0 Å². The van der Waals surface area contributed by atoms with Crippen LogP contribution in [0.2, 0.25) is 5.02 Å². The summed E-state index contributed by atoms with van der Waals surface area (Å²) in [5, 5.41) is 0.00416. The van der Waals surface area contributed by atoms with Crippen LogP contribution < -0.4 is 0 Å². The molecule has 0 radical (unpaired) electrons. The smallest absolute Gasteiger partial charge is 0.129 e. The predicted octanol–water partition coefficient (Wildman–Crippen LogP) is 5.00. The summed E-state index contributed by atoms with van der Waals surface area (Å²) in [6, 6.07) is 14.4. The van der Waals surface area contributed by atoms with E-state index in [9.17, 15) is 4.39 Å². The van der Waals surface area contributed by atoms with Crippen molar-refractivity contribution < 1.29 is 4.39 Å². The molecule has 3 heteroatoms. The molecule has 0 heterocycles. The molecule has 0 bridgehead atoms. The minimum atomic E-state index is -0.380. The van der Waals surface area contributed by atoms with Crippen LogP contribution in [0, 0.1) is 5.82 Å². The molecule has 0 saturated heterocycles. The molecule has 0 saturated carbocycles. The van der Waals surface area contributed by atoms with Crippen molar-refractivity contribution in [1.29, 1.82) is 0 Å². The van der Waals surface area contributed by atoms with Gasteiger partial charge in [-0.25, -0.2) is 4.39 Å². The number of halogens is 3. The fraction of sp³-hybridized carbons (Fsp3) is 0.143.